The minimum absolute atomic E-state index is 0.122. The number of pyridine rings is 1. The number of nitrogens with one attached hydrogen (secondary N) is 2. The Hall–Kier alpha value is -1.62. The molecule has 0 radical (unpaired) electrons. The average molecular weight is 248 g/mol. The van der Waals surface area contributed by atoms with Crippen molar-refractivity contribution in [2.24, 2.45) is 0 Å². The molecule has 1 atom stereocenters. The lowest BCUT2D eigenvalue weighted by Gasteiger charge is -2.25. The summed E-state index contributed by atoms with van der Waals surface area (Å²) >= 11 is 0. The first-order valence-corrected chi connectivity index (χ1v) is 6.36. The lowest BCUT2D eigenvalue weighted by atomic mass is 10.1. The third-order valence-corrected chi connectivity index (χ3v) is 3.33. The monoisotopic (exact) mass is 248 g/mol. The average Bonchev–Trinajstić information content (AvgIpc) is 2.62. The Morgan fingerprint density at radius 3 is 3.11 bits per heavy atom. The molecule has 1 aromatic heterocycles. The lowest BCUT2D eigenvalue weighted by molar-refractivity contribution is -0.120. The van der Waals surface area contributed by atoms with E-state index in [2.05, 4.69) is 33.5 Å². The number of amides is 1. The Balaban J connectivity index is 2.23. The molecule has 0 spiro atoms. The lowest BCUT2D eigenvalue weighted by Crippen LogP contribution is -2.30. The maximum atomic E-state index is 11.4. The van der Waals surface area contributed by atoms with Crippen LogP contribution in [0, 0.1) is 0 Å². The molecule has 0 saturated carbocycles. The van der Waals surface area contributed by atoms with Gasteiger partial charge in [0.15, 0.2) is 0 Å². The van der Waals surface area contributed by atoms with Gasteiger partial charge in [-0.3, -0.25) is 4.79 Å². The highest BCUT2D eigenvalue weighted by Gasteiger charge is 2.19. The second-order valence-electron chi connectivity index (χ2n) is 4.51. The van der Waals surface area contributed by atoms with Crippen molar-refractivity contribution < 1.29 is 4.79 Å². The summed E-state index contributed by atoms with van der Waals surface area (Å²) in [6.07, 6.45) is 2.34. The normalized spacial score (nSPS) is 18.1. The number of carbonyl (C=O) groups is 1. The maximum absolute atomic E-state index is 11.4. The zero-order valence-electron chi connectivity index (χ0n) is 10.9. The molecule has 1 saturated heterocycles. The Morgan fingerprint density at radius 2 is 2.33 bits per heavy atom. The molecular weight excluding hydrogens is 228 g/mol. The number of rotatable bonds is 3. The topological polar surface area (TPSA) is 57.3 Å². The molecule has 98 valence electrons. The van der Waals surface area contributed by atoms with E-state index in [0.29, 0.717) is 13.0 Å². The summed E-state index contributed by atoms with van der Waals surface area (Å²) in [5, 5.41) is 6.12. The fourth-order valence-electron chi connectivity index (χ4n) is 2.15. The van der Waals surface area contributed by atoms with Crippen molar-refractivity contribution in [3.8, 4) is 0 Å². The van der Waals surface area contributed by atoms with E-state index in [0.717, 1.165) is 18.9 Å². The van der Waals surface area contributed by atoms with Crippen molar-refractivity contribution in [1.82, 2.24) is 15.6 Å². The molecule has 0 aliphatic carbocycles. The van der Waals surface area contributed by atoms with Crippen LogP contribution < -0.4 is 15.5 Å². The molecular formula is C13H20N4O. The van der Waals surface area contributed by atoms with Crippen molar-refractivity contribution in [3.05, 3.63) is 23.9 Å². The van der Waals surface area contributed by atoms with Gasteiger partial charge in [0.05, 0.1) is 0 Å². The fraction of sp³-hybridized carbons (Fsp3) is 0.538. The van der Waals surface area contributed by atoms with Crippen molar-refractivity contribution in [2.75, 3.05) is 31.6 Å². The highest BCUT2D eigenvalue weighted by atomic mass is 16.1. The summed E-state index contributed by atoms with van der Waals surface area (Å²) in [5.74, 6) is 1.10. The van der Waals surface area contributed by atoms with Gasteiger partial charge in [0, 0.05) is 43.9 Å². The van der Waals surface area contributed by atoms with Gasteiger partial charge in [-0.05, 0) is 20.0 Å². The summed E-state index contributed by atoms with van der Waals surface area (Å²) in [6, 6.07) is 4.29. The summed E-state index contributed by atoms with van der Waals surface area (Å²) in [7, 11) is 1.94. The molecule has 2 heterocycles. The molecule has 1 aliphatic heterocycles. The van der Waals surface area contributed by atoms with Crippen LogP contribution in [0.1, 0.15) is 24.9 Å². The maximum Gasteiger partial charge on any atom is 0.221 e. The zero-order valence-corrected chi connectivity index (χ0v) is 10.9. The highest BCUT2D eigenvalue weighted by Crippen LogP contribution is 2.23. The summed E-state index contributed by atoms with van der Waals surface area (Å²) in [4.78, 5) is 18.0. The molecule has 18 heavy (non-hydrogen) atoms. The van der Waals surface area contributed by atoms with E-state index >= 15 is 0 Å². The Labute approximate surface area is 108 Å². The van der Waals surface area contributed by atoms with Crippen LogP contribution >= 0.6 is 0 Å². The van der Waals surface area contributed by atoms with Crippen LogP contribution in [0.4, 0.5) is 5.82 Å². The Bertz CT molecular complexity index is 421. The minimum Gasteiger partial charge on any atom is -0.354 e. The van der Waals surface area contributed by atoms with Gasteiger partial charge < -0.3 is 15.5 Å². The van der Waals surface area contributed by atoms with E-state index in [4.69, 9.17) is 0 Å². The van der Waals surface area contributed by atoms with E-state index in [-0.39, 0.29) is 11.9 Å². The van der Waals surface area contributed by atoms with Gasteiger partial charge in [-0.15, -0.1) is 0 Å². The van der Waals surface area contributed by atoms with E-state index in [9.17, 15) is 4.79 Å². The first-order valence-electron chi connectivity index (χ1n) is 6.36. The third-order valence-electron chi connectivity index (χ3n) is 3.33. The van der Waals surface area contributed by atoms with Crippen LogP contribution in [-0.4, -0.2) is 37.6 Å². The van der Waals surface area contributed by atoms with Crippen molar-refractivity contribution >= 4 is 11.7 Å². The van der Waals surface area contributed by atoms with Crippen LogP contribution in [0.2, 0.25) is 0 Å². The zero-order chi connectivity index (χ0) is 13.0. The van der Waals surface area contributed by atoms with Gasteiger partial charge in [-0.2, -0.15) is 0 Å². The van der Waals surface area contributed by atoms with E-state index in [1.807, 2.05) is 13.1 Å². The van der Waals surface area contributed by atoms with Crippen LogP contribution in [0.3, 0.4) is 0 Å². The van der Waals surface area contributed by atoms with E-state index < -0.39 is 0 Å². The second-order valence-corrected chi connectivity index (χ2v) is 4.51. The van der Waals surface area contributed by atoms with Gasteiger partial charge in [0.25, 0.3) is 0 Å². The summed E-state index contributed by atoms with van der Waals surface area (Å²) in [5.41, 5.74) is 1.18. The molecule has 1 aromatic rings. The Kier molecular flexibility index (Phi) is 4.15. The van der Waals surface area contributed by atoms with E-state index in [1.165, 1.54) is 5.56 Å². The molecule has 0 bridgehead atoms. The minimum atomic E-state index is 0.122. The molecule has 0 aromatic carbocycles. The van der Waals surface area contributed by atoms with E-state index in [1.54, 1.807) is 6.20 Å². The smallest absolute Gasteiger partial charge is 0.221 e. The SMILES string of the molecule is CNC(C)c1cccnc1N1CCNC(=O)CC1. The largest absolute Gasteiger partial charge is 0.354 e. The quantitative estimate of drug-likeness (QED) is 0.826. The summed E-state index contributed by atoms with van der Waals surface area (Å²) in [6.45, 7) is 4.34. The number of anilines is 1. The first kappa shape index (κ1) is 12.8. The van der Waals surface area contributed by atoms with Gasteiger partial charge >= 0.3 is 0 Å². The molecule has 1 amide bonds. The third kappa shape index (κ3) is 2.79. The number of nitrogens with zero attached hydrogens (tertiary/aromatic N) is 2. The van der Waals surface area contributed by atoms with Gasteiger partial charge in [-0.25, -0.2) is 4.98 Å². The molecule has 2 rings (SSSR count). The number of hydrogen-bond acceptors (Lipinski definition) is 4. The van der Waals surface area contributed by atoms with Crippen LogP contribution in [0.15, 0.2) is 18.3 Å². The fourth-order valence-corrected chi connectivity index (χ4v) is 2.15. The van der Waals surface area contributed by atoms with Crippen LogP contribution in [-0.2, 0) is 4.79 Å². The van der Waals surface area contributed by atoms with Crippen LogP contribution in [0.5, 0.6) is 0 Å². The van der Waals surface area contributed by atoms with Gasteiger partial charge in [0.1, 0.15) is 5.82 Å². The van der Waals surface area contributed by atoms with Crippen molar-refractivity contribution in [2.45, 2.75) is 19.4 Å². The highest BCUT2D eigenvalue weighted by molar-refractivity contribution is 5.77. The molecule has 5 heteroatoms. The number of carbonyl (C=O) groups excluding carboxylic acids is 1. The van der Waals surface area contributed by atoms with Gasteiger partial charge in [0.2, 0.25) is 5.91 Å². The number of aromatic nitrogens is 1. The molecule has 1 unspecified atom stereocenters. The van der Waals surface area contributed by atoms with Gasteiger partial charge in [-0.1, -0.05) is 6.07 Å². The van der Waals surface area contributed by atoms with Crippen molar-refractivity contribution in [1.29, 1.82) is 0 Å². The predicted molar refractivity (Wildman–Crippen MR) is 71.6 cm³/mol. The van der Waals surface area contributed by atoms with Crippen molar-refractivity contribution in [3.63, 3.8) is 0 Å². The predicted octanol–water partition coefficient (Wildman–Crippen LogP) is 0.688. The molecule has 5 nitrogen and oxygen atoms in total. The number of hydrogen-bond donors (Lipinski definition) is 2. The van der Waals surface area contributed by atoms with Crippen LogP contribution in [0.25, 0.3) is 0 Å². The Morgan fingerprint density at radius 1 is 1.50 bits per heavy atom. The second kappa shape index (κ2) is 5.82. The first-order chi connectivity index (χ1) is 8.72. The molecule has 2 N–H and O–H groups in total. The molecule has 1 aliphatic rings. The standard InChI is InChI=1S/C13H20N4O/c1-10(14-2)11-4-3-6-16-13(11)17-8-5-12(18)15-7-9-17/h3-4,6,10,14H,5,7-9H2,1-2H3,(H,15,18). The summed E-state index contributed by atoms with van der Waals surface area (Å²) < 4.78 is 0. The molecule has 1 fully saturated rings.